The predicted octanol–water partition coefficient (Wildman–Crippen LogP) is 2.04. The van der Waals surface area contributed by atoms with Gasteiger partial charge in [0, 0.05) is 5.69 Å². The van der Waals surface area contributed by atoms with Crippen molar-refractivity contribution in [1.82, 2.24) is 14.8 Å². The van der Waals surface area contributed by atoms with E-state index in [0.717, 1.165) is 0 Å². The second-order valence-electron chi connectivity index (χ2n) is 5.29. The molecule has 0 atom stereocenters. The number of amides is 2. The van der Waals surface area contributed by atoms with Gasteiger partial charge in [0.1, 0.15) is 18.9 Å². The summed E-state index contributed by atoms with van der Waals surface area (Å²) in [4.78, 5) is 28.4. The van der Waals surface area contributed by atoms with Crippen molar-refractivity contribution in [2.24, 2.45) is 0 Å². The summed E-state index contributed by atoms with van der Waals surface area (Å²) in [5.41, 5.74) is 1.37. The molecule has 128 valence electrons. The molecular formula is C18H14N6O2. The third-order valence-electron chi connectivity index (χ3n) is 3.42. The third kappa shape index (κ3) is 4.10. The monoisotopic (exact) mass is 346 g/mol. The minimum atomic E-state index is -0.389. The average Bonchev–Trinajstić information content (AvgIpc) is 3.10. The Bertz CT molecular complexity index is 975. The molecule has 8 heteroatoms. The Morgan fingerprint density at radius 3 is 2.50 bits per heavy atom. The Balaban J connectivity index is 1.71. The van der Waals surface area contributed by atoms with E-state index in [1.54, 1.807) is 42.5 Å². The highest BCUT2D eigenvalue weighted by atomic mass is 16.2. The SMILES string of the molecule is N#Cc1ncn(CC(=O)Nc2ccccc2C(=O)Nc2ccccc2)n1. The fourth-order valence-corrected chi connectivity index (χ4v) is 2.27. The minimum Gasteiger partial charge on any atom is -0.324 e. The number of carbonyl (C=O) groups is 2. The zero-order chi connectivity index (χ0) is 18.4. The van der Waals surface area contributed by atoms with Crippen LogP contribution in [0.1, 0.15) is 16.2 Å². The van der Waals surface area contributed by atoms with Gasteiger partial charge in [0.25, 0.3) is 11.7 Å². The molecule has 0 aliphatic carbocycles. The van der Waals surface area contributed by atoms with Gasteiger partial charge in [0.15, 0.2) is 0 Å². The van der Waals surface area contributed by atoms with E-state index < -0.39 is 0 Å². The summed E-state index contributed by atoms with van der Waals surface area (Å²) in [5.74, 6) is -0.737. The number of hydrogen-bond donors (Lipinski definition) is 2. The summed E-state index contributed by atoms with van der Waals surface area (Å²) in [5, 5.41) is 18.0. The molecule has 0 spiro atoms. The lowest BCUT2D eigenvalue weighted by atomic mass is 10.1. The van der Waals surface area contributed by atoms with Crippen LogP contribution in [0.4, 0.5) is 11.4 Å². The highest BCUT2D eigenvalue weighted by Gasteiger charge is 2.14. The summed E-state index contributed by atoms with van der Waals surface area (Å²) in [6.45, 7) is -0.122. The highest BCUT2D eigenvalue weighted by Crippen LogP contribution is 2.17. The molecular weight excluding hydrogens is 332 g/mol. The number of nitrogens with one attached hydrogen (secondary N) is 2. The molecule has 3 aromatic rings. The molecule has 1 aromatic heterocycles. The van der Waals surface area contributed by atoms with Gasteiger partial charge in [-0.25, -0.2) is 9.67 Å². The standard InChI is InChI=1S/C18H14N6O2/c19-10-16-20-12-24(23-16)11-17(25)22-15-9-5-4-8-14(15)18(26)21-13-6-2-1-3-7-13/h1-9,12H,11H2,(H,21,26)(H,22,25). The quantitative estimate of drug-likeness (QED) is 0.734. The van der Waals surface area contributed by atoms with Crippen LogP contribution in [0.3, 0.4) is 0 Å². The van der Waals surface area contributed by atoms with Crippen LogP contribution >= 0.6 is 0 Å². The van der Waals surface area contributed by atoms with Crippen molar-refractivity contribution >= 4 is 23.2 Å². The molecule has 1 heterocycles. The Morgan fingerprint density at radius 2 is 1.77 bits per heavy atom. The maximum absolute atomic E-state index is 12.5. The van der Waals surface area contributed by atoms with Crippen molar-refractivity contribution < 1.29 is 9.59 Å². The molecule has 0 saturated heterocycles. The van der Waals surface area contributed by atoms with Crippen molar-refractivity contribution in [3.63, 3.8) is 0 Å². The molecule has 0 aliphatic heterocycles. The lowest BCUT2D eigenvalue weighted by Gasteiger charge is -2.11. The number of carbonyl (C=O) groups excluding carboxylic acids is 2. The van der Waals surface area contributed by atoms with Gasteiger partial charge in [-0.2, -0.15) is 5.26 Å². The van der Waals surface area contributed by atoms with E-state index >= 15 is 0 Å². The largest absolute Gasteiger partial charge is 0.324 e. The molecule has 0 unspecified atom stereocenters. The molecule has 26 heavy (non-hydrogen) atoms. The molecule has 0 radical (unpaired) electrons. The van der Waals surface area contributed by atoms with E-state index in [1.807, 2.05) is 18.2 Å². The lowest BCUT2D eigenvalue weighted by Crippen LogP contribution is -2.22. The second kappa shape index (κ2) is 7.72. The molecule has 0 saturated carbocycles. The molecule has 3 rings (SSSR count). The van der Waals surface area contributed by atoms with Crippen LogP contribution in [0.5, 0.6) is 0 Å². The highest BCUT2D eigenvalue weighted by molar-refractivity contribution is 6.10. The predicted molar refractivity (Wildman–Crippen MR) is 94.2 cm³/mol. The van der Waals surface area contributed by atoms with E-state index in [0.29, 0.717) is 16.9 Å². The minimum absolute atomic E-state index is 0.0135. The van der Waals surface area contributed by atoms with Crippen LogP contribution in [-0.2, 0) is 11.3 Å². The zero-order valence-corrected chi connectivity index (χ0v) is 13.6. The lowest BCUT2D eigenvalue weighted by molar-refractivity contribution is -0.116. The molecule has 2 amide bonds. The van der Waals surface area contributed by atoms with Crippen molar-refractivity contribution in [1.29, 1.82) is 5.26 Å². The van der Waals surface area contributed by atoms with Gasteiger partial charge in [-0.3, -0.25) is 9.59 Å². The number of para-hydroxylation sites is 2. The van der Waals surface area contributed by atoms with Crippen LogP contribution in [0, 0.1) is 11.3 Å². The Labute approximate surface area is 149 Å². The molecule has 2 aromatic carbocycles. The van der Waals surface area contributed by atoms with Crippen LogP contribution in [-0.4, -0.2) is 26.6 Å². The van der Waals surface area contributed by atoms with E-state index in [1.165, 1.54) is 11.0 Å². The van der Waals surface area contributed by atoms with Crippen LogP contribution in [0.2, 0.25) is 0 Å². The van der Waals surface area contributed by atoms with Crippen molar-refractivity contribution in [3.8, 4) is 6.07 Å². The first kappa shape index (κ1) is 16.9. The Kier molecular flexibility index (Phi) is 5.00. The number of hydrogen-bond acceptors (Lipinski definition) is 5. The van der Waals surface area contributed by atoms with Gasteiger partial charge < -0.3 is 10.6 Å². The molecule has 2 N–H and O–H groups in total. The van der Waals surface area contributed by atoms with Gasteiger partial charge in [-0.15, -0.1) is 5.10 Å². The third-order valence-corrected chi connectivity index (χ3v) is 3.42. The summed E-state index contributed by atoms with van der Waals surface area (Å²) in [6, 6.07) is 17.5. The van der Waals surface area contributed by atoms with E-state index in [4.69, 9.17) is 5.26 Å². The van der Waals surface area contributed by atoms with Gasteiger partial charge in [0.2, 0.25) is 5.91 Å². The summed E-state index contributed by atoms with van der Waals surface area (Å²) < 4.78 is 1.25. The number of aromatic nitrogens is 3. The number of nitriles is 1. The average molecular weight is 346 g/mol. The first-order valence-electron chi connectivity index (χ1n) is 7.70. The van der Waals surface area contributed by atoms with Gasteiger partial charge in [-0.05, 0) is 24.3 Å². The summed E-state index contributed by atoms with van der Waals surface area (Å²) in [6.07, 6.45) is 1.30. The van der Waals surface area contributed by atoms with Crippen LogP contribution < -0.4 is 10.6 Å². The number of anilines is 2. The summed E-state index contributed by atoms with van der Waals surface area (Å²) in [7, 11) is 0. The molecule has 8 nitrogen and oxygen atoms in total. The maximum atomic E-state index is 12.5. The number of rotatable bonds is 5. The van der Waals surface area contributed by atoms with Gasteiger partial charge in [-0.1, -0.05) is 30.3 Å². The maximum Gasteiger partial charge on any atom is 0.257 e. The fourth-order valence-electron chi connectivity index (χ4n) is 2.27. The van der Waals surface area contributed by atoms with Crippen molar-refractivity contribution in [2.45, 2.75) is 6.54 Å². The second-order valence-corrected chi connectivity index (χ2v) is 5.29. The van der Waals surface area contributed by atoms with Crippen molar-refractivity contribution in [3.05, 3.63) is 72.3 Å². The zero-order valence-electron chi connectivity index (χ0n) is 13.6. The topological polar surface area (TPSA) is 113 Å². The first-order chi connectivity index (χ1) is 12.7. The Morgan fingerprint density at radius 1 is 1.04 bits per heavy atom. The van der Waals surface area contributed by atoms with E-state index in [2.05, 4.69) is 20.7 Å². The smallest absolute Gasteiger partial charge is 0.257 e. The molecule has 0 fully saturated rings. The molecule has 0 bridgehead atoms. The number of nitrogens with zero attached hydrogens (tertiary/aromatic N) is 4. The van der Waals surface area contributed by atoms with Crippen LogP contribution in [0.25, 0.3) is 0 Å². The van der Waals surface area contributed by atoms with E-state index in [9.17, 15) is 9.59 Å². The Hall–Kier alpha value is -3.99. The summed E-state index contributed by atoms with van der Waals surface area (Å²) >= 11 is 0. The molecule has 0 aliphatic rings. The van der Waals surface area contributed by atoms with E-state index in [-0.39, 0.29) is 24.2 Å². The van der Waals surface area contributed by atoms with Gasteiger partial charge >= 0.3 is 0 Å². The fraction of sp³-hybridized carbons (Fsp3) is 0.0556. The van der Waals surface area contributed by atoms with Crippen LogP contribution in [0.15, 0.2) is 60.9 Å². The normalized spacial score (nSPS) is 9.96. The van der Waals surface area contributed by atoms with Crippen molar-refractivity contribution in [2.75, 3.05) is 10.6 Å². The first-order valence-corrected chi connectivity index (χ1v) is 7.70. The number of benzene rings is 2. The van der Waals surface area contributed by atoms with Gasteiger partial charge in [0.05, 0.1) is 11.3 Å².